The van der Waals surface area contributed by atoms with Crippen molar-refractivity contribution < 1.29 is 24.9 Å². The molecule has 0 aliphatic heterocycles. The maximum Gasteiger partial charge on any atom is 0.336 e. The zero-order valence-electron chi connectivity index (χ0n) is 21.0. The van der Waals surface area contributed by atoms with Crippen LogP contribution in [0, 0.1) is 13.8 Å². The number of aliphatic hydroxyl groups excluding tert-OH is 1. The van der Waals surface area contributed by atoms with Crippen LogP contribution in [0.2, 0.25) is 0 Å². The highest BCUT2D eigenvalue weighted by atomic mass is 16.5. The molecular weight excluding hydrogens is 442 g/mol. The van der Waals surface area contributed by atoms with Gasteiger partial charge in [0, 0.05) is 12.6 Å². The Hall–Kier alpha value is -3.35. The molecular formula is C29H35NO5. The van der Waals surface area contributed by atoms with Crippen LogP contribution >= 0.6 is 0 Å². The molecule has 0 spiro atoms. The van der Waals surface area contributed by atoms with Crippen LogP contribution in [0.1, 0.15) is 65.4 Å². The van der Waals surface area contributed by atoms with Crippen LogP contribution in [0.15, 0.2) is 54.6 Å². The van der Waals surface area contributed by atoms with Gasteiger partial charge in [-0.1, -0.05) is 44.2 Å². The fourth-order valence-corrected chi connectivity index (χ4v) is 4.38. The minimum atomic E-state index is -0.922. The van der Waals surface area contributed by atoms with Crippen LogP contribution in [-0.4, -0.2) is 40.5 Å². The summed E-state index contributed by atoms with van der Waals surface area (Å²) in [7, 11) is 0. The molecule has 0 saturated heterocycles. The van der Waals surface area contributed by atoms with E-state index in [9.17, 15) is 20.1 Å². The maximum atomic E-state index is 12.1. The first-order valence-corrected chi connectivity index (χ1v) is 11.9. The second-order valence-electron chi connectivity index (χ2n) is 9.30. The third-order valence-corrected chi connectivity index (χ3v) is 6.23. The van der Waals surface area contributed by atoms with Gasteiger partial charge in [0.25, 0.3) is 0 Å². The summed E-state index contributed by atoms with van der Waals surface area (Å²) in [6, 6.07) is 15.9. The normalized spacial score (nSPS) is 13.0. The molecule has 0 bridgehead atoms. The predicted molar refractivity (Wildman–Crippen MR) is 138 cm³/mol. The molecule has 6 nitrogen and oxygen atoms in total. The molecule has 186 valence electrons. The third-order valence-electron chi connectivity index (χ3n) is 6.23. The van der Waals surface area contributed by atoms with E-state index in [1.54, 1.807) is 24.3 Å². The van der Waals surface area contributed by atoms with Crippen LogP contribution in [0.3, 0.4) is 0 Å². The summed E-state index contributed by atoms with van der Waals surface area (Å²) >= 11 is 0. The third kappa shape index (κ3) is 6.21. The van der Waals surface area contributed by atoms with Gasteiger partial charge in [0.2, 0.25) is 0 Å². The van der Waals surface area contributed by atoms with Crippen molar-refractivity contribution in [3.63, 3.8) is 0 Å². The van der Waals surface area contributed by atoms with E-state index in [0.717, 1.165) is 33.6 Å². The maximum absolute atomic E-state index is 12.1. The number of phenols is 1. The van der Waals surface area contributed by atoms with E-state index in [1.165, 1.54) is 0 Å². The van der Waals surface area contributed by atoms with E-state index in [0.29, 0.717) is 24.3 Å². The molecule has 4 N–H and O–H groups in total. The van der Waals surface area contributed by atoms with Crippen molar-refractivity contribution in [2.45, 2.75) is 52.7 Å². The summed E-state index contributed by atoms with van der Waals surface area (Å²) in [5.41, 5.74) is 5.33. The molecule has 0 aromatic heterocycles. The zero-order chi connectivity index (χ0) is 25.7. The lowest BCUT2D eigenvalue weighted by Gasteiger charge is -2.21. The number of aromatic carboxylic acids is 1. The molecule has 0 aliphatic rings. The number of carboxylic acids is 1. The second kappa shape index (κ2) is 11.4. The largest absolute Gasteiger partial charge is 0.508 e. The van der Waals surface area contributed by atoms with Crippen LogP contribution < -0.4 is 10.1 Å². The number of phenolic OH excluding ortho intramolecular Hbond substituents is 1. The van der Waals surface area contributed by atoms with Crippen molar-refractivity contribution in [2.75, 3.05) is 13.2 Å². The number of carbonyl (C=O) groups is 1. The van der Waals surface area contributed by atoms with Gasteiger partial charge in [-0.3, -0.25) is 0 Å². The number of carboxylic acid groups (broad SMARTS) is 1. The highest BCUT2D eigenvalue weighted by molar-refractivity contribution is 5.98. The van der Waals surface area contributed by atoms with Crippen LogP contribution in [-0.2, 0) is 0 Å². The van der Waals surface area contributed by atoms with E-state index in [1.807, 2.05) is 65.0 Å². The second-order valence-corrected chi connectivity index (χ2v) is 9.30. The van der Waals surface area contributed by atoms with E-state index in [2.05, 4.69) is 5.32 Å². The molecule has 0 fully saturated rings. The molecule has 3 rings (SSSR count). The topological polar surface area (TPSA) is 99.0 Å². The van der Waals surface area contributed by atoms with Gasteiger partial charge in [0.1, 0.15) is 18.1 Å². The summed E-state index contributed by atoms with van der Waals surface area (Å²) in [6.45, 7) is 10.8. The van der Waals surface area contributed by atoms with Crippen molar-refractivity contribution in [3.05, 3.63) is 82.4 Å². The zero-order valence-corrected chi connectivity index (χ0v) is 21.0. The molecule has 0 unspecified atom stereocenters. The fourth-order valence-electron chi connectivity index (χ4n) is 4.38. The van der Waals surface area contributed by atoms with E-state index < -0.39 is 12.1 Å². The lowest BCUT2D eigenvalue weighted by Crippen LogP contribution is -2.35. The van der Waals surface area contributed by atoms with Crippen molar-refractivity contribution in [3.8, 4) is 22.6 Å². The number of hydrogen-bond acceptors (Lipinski definition) is 5. The van der Waals surface area contributed by atoms with Crippen LogP contribution in [0.5, 0.6) is 11.5 Å². The number of rotatable bonds is 10. The minimum Gasteiger partial charge on any atom is -0.508 e. The molecule has 0 amide bonds. The van der Waals surface area contributed by atoms with Crippen molar-refractivity contribution in [2.24, 2.45) is 0 Å². The molecule has 0 aliphatic carbocycles. The molecule has 3 aromatic rings. The Balaban J connectivity index is 1.69. The van der Waals surface area contributed by atoms with Crippen LogP contribution in [0.25, 0.3) is 11.1 Å². The number of hydrogen-bond donors (Lipinski definition) is 4. The van der Waals surface area contributed by atoms with Gasteiger partial charge >= 0.3 is 5.97 Å². The molecule has 0 heterocycles. The van der Waals surface area contributed by atoms with Gasteiger partial charge in [-0.25, -0.2) is 4.79 Å². The number of ether oxygens (including phenoxy) is 1. The Morgan fingerprint density at radius 3 is 2.20 bits per heavy atom. The Bertz CT molecular complexity index is 1150. The van der Waals surface area contributed by atoms with Crippen molar-refractivity contribution in [1.29, 1.82) is 0 Å². The molecule has 3 aromatic carbocycles. The minimum absolute atomic E-state index is 0.105. The summed E-state index contributed by atoms with van der Waals surface area (Å²) in [4.78, 5) is 12.1. The quantitative estimate of drug-likeness (QED) is 0.284. The average molecular weight is 478 g/mol. The first-order chi connectivity index (χ1) is 16.6. The van der Waals surface area contributed by atoms with Gasteiger partial charge in [0.05, 0.1) is 11.7 Å². The standard InChI is InChI=1S/C29H35NO5/c1-17(2)24-7-6-8-25(26(24)29(33)34)22-15-18(3)28(19(4)16-22)35-14-13-30-20(5)27(32)21-9-11-23(31)12-10-21/h6-12,15-17,20,27,30-32H,13-14H2,1-5H3,(H,33,34)/t20-,27-/m0/s1. The van der Waals surface area contributed by atoms with Crippen molar-refractivity contribution >= 4 is 5.97 Å². The summed E-state index contributed by atoms with van der Waals surface area (Å²) in [5, 5.41) is 33.1. The number of nitrogens with one attached hydrogen (secondary N) is 1. The Labute approximate surface area is 207 Å². The summed E-state index contributed by atoms with van der Waals surface area (Å²) in [6.07, 6.45) is -0.705. The molecule has 2 atom stereocenters. The Morgan fingerprint density at radius 2 is 1.63 bits per heavy atom. The highest BCUT2D eigenvalue weighted by Crippen LogP contribution is 2.34. The lowest BCUT2D eigenvalue weighted by molar-refractivity contribution is 0.0696. The molecule has 0 saturated carbocycles. The number of aromatic hydroxyl groups is 1. The predicted octanol–water partition coefficient (Wildman–Crippen LogP) is 5.59. The van der Waals surface area contributed by atoms with Crippen LogP contribution in [0.4, 0.5) is 0 Å². The van der Waals surface area contributed by atoms with E-state index in [4.69, 9.17) is 4.74 Å². The number of benzene rings is 3. The molecule has 35 heavy (non-hydrogen) atoms. The summed E-state index contributed by atoms with van der Waals surface area (Å²) < 4.78 is 6.06. The number of aryl methyl sites for hydroxylation is 2. The van der Waals surface area contributed by atoms with Gasteiger partial charge in [0.15, 0.2) is 0 Å². The average Bonchev–Trinajstić information content (AvgIpc) is 2.82. The van der Waals surface area contributed by atoms with Gasteiger partial charge in [-0.05, 0) is 84.3 Å². The molecule has 0 radical (unpaired) electrons. The first kappa shape index (κ1) is 26.3. The SMILES string of the molecule is Cc1cc(-c2cccc(C(C)C)c2C(=O)O)cc(C)c1OCCN[C@@H](C)[C@H](O)c1ccc(O)cc1. The monoisotopic (exact) mass is 477 g/mol. The van der Waals surface area contributed by atoms with Gasteiger partial charge in [-0.15, -0.1) is 0 Å². The smallest absolute Gasteiger partial charge is 0.336 e. The Kier molecular flexibility index (Phi) is 8.54. The Morgan fingerprint density at radius 1 is 1.00 bits per heavy atom. The lowest BCUT2D eigenvalue weighted by atomic mass is 9.89. The summed E-state index contributed by atoms with van der Waals surface area (Å²) in [5.74, 6) is 0.126. The fraction of sp³-hybridized carbons (Fsp3) is 0.345. The van der Waals surface area contributed by atoms with E-state index in [-0.39, 0.29) is 17.7 Å². The van der Waals surface area contributed by atoms with Gasteiger partial charge in [-0.2, -0.15) is 0 Å². The molecule has 6 heteroatoms. The number of aliphatic hydroxyl groups is 1. The van der Waals surface area contributed by atoms with Crippen molar-refractivity contribution in [1.82, 2.24) is 5.32 Å². The van der Waals surface area contributed by atoms with Gasteiger partial charge < -0.3 is 25.4 Å². The highest BCUT2D eigenvalue weighted by Gasteiger charge is 2.20. The first-order valence-electron chi connectivity index (χ1n) is 11.9. The van der Waals surface area contributed by atoms with E-state index >= 15 is 0 Å².